The van der Waals surface area contributed by atoms with E-state index in [0.717, 1.165) is 32.0 Å². The van der Waals surface area contributed by atoms with E-state index in [-0.39, 0.29) is 11.6 Å². The molecule has 26 heavy (non-hydrogen) atoms. The summed E-state index contributed by atoms with van der Waals surface area (Å²) in [6.45, 7) is 3.59. The van der Waals surface area contributed by atoms with Crippen molar-refractivity contribution in [3.63, 3.8) is 0 Å². The molecule has 1 aliphatic rings. The molecular formula is C15H20N8O3. The topological polar surface area (TPSA) is 135 Å². The predicted octanol–water partition coefficient (Wildman–Crippen LogP) is 0.310. The molecule has 0 bridgehead atoms. The number of nitro groups is 1. The number of carbonyl (C=O) groups is 1. The summed E-state index contributed by atoms with van der Waals surface area (Å²) in [5, 5.41) is 13.4. The van der Waals surface area contributed by atoms with Gasteiger partial charge in [-0.25, -0.2) is 4.98 Å². The van der Waals surface area contributed by atoms with Crippen LogP contribution in [0.15, 0.2) is 18.3 Å². The van der Waals surface area contributed by atoms with Crippen LogP contribution in [0.4, 0.5) is 23.1 Å². The maximum atomic E-state index is 12.3. The number of aromatic nitrogens is 3. The van der Waals surface area contributed by atoms with Gasteiger partial charge in [0.25, 0.3) is 0 Å². The third-order valence-corrected chi connectivity index (χ3v) is 4.24. The highest BCUT2D eigenvalue weighted by Crippen LogP contribution is 2.23. The van der Waals surface area contributed by atoms with E-state index < -0.39 is 16.6 Å². The van der Waals surface area contributed by atoms with E-state index >= 15 is 0 Å². The van der Waals surface area contributed by atoms with Crippen molar-refractivity contribution in [2.45, 2.75) is 0 Å². The van der Waals surface area contributed by atoms with Crippen molar-refractivity contribution < 1.29 is 9.72 Å². The molecule has 1 aliphatic heterocycles. The van der Waals surface area contributed by atoms with Gasteiger partial charge in [0.15, 0.2) is 0 Å². The first-order valence-electron chi connectivity index (χ1n) is 8.04. The van der Waals surface area contributed by atoms with Gasteiger partial charge in [-0.1, -0.05) is 0 Å². The minimum absolute atomic E-state index is 0.0840. The molecular weight excluding hydrogens is 340 g/mol. The number of nitrogens with two attached hydrogens (primary N) is 1. The first-order valence-corrected chi connectivity index (χ1v) is 8.04. The SMILES string of the molecule is CN1CCN(c2ccc(NC(=O)c3nc([N+](=O)[O-])cn3C)c(N)n2)CC1. The first-order chi connectivity index (χ1) is 12.3. The number of nitrogen functional groups attached to an aromatic ring is 1. The summed E-state index contributed by atoms with van der Waals surface area (Å²) in [5.74, 6) is -0.144. The van der Waals surface area contributed by atoms with E-state index in [0.29, 0.717) is 5.69 Å². The van der Waals surface area contributed by atoms with Crippen LogP contribution in [0, 0.1) is 10.1 Å². The van der Waals surface area contributed by atoms with E-state index in [9.17, 15) is 14.9 Å². The number of amides is 1. The quantitative estimate of drug-likeness (QED) is 0.587. The van der Waals surface area contributed by atoms with E-state index in [2.05, 4.69) is 32.1 Å². The van der Waals surface area contributed by atoms with Crippen LogP contribution >= 0.6 is 0 Å². The molecule has 11 nitrogen and oxygen atoms in total. The summed E-state index contributed by atoms with van der Waals surface area (Å²) in [5.41, 5.74) is 6.31. The van der Waals surface area contributed by atoms with Crippen molar-refractivity contribution in [3.05, 3.63) is 34.3 Å². The second-order valence-corrected chi connectivity index (χ2v) is 6.14. The minimum Gasteiger partial charge on any atom is -0.382 e. The highest BCUT2D eigenvalue weighted by atomic mass is 16.6. The summed E-state index contributed by atoms with van der Waals surface area (Å²) in [4.78, 5) is 34.9. The zero-order valence-corrected chi connectivity index (χ0v) is 14.5. The molecule has 2 aromatic heterocycles. The molecule has 3 N–H and O–H groups in total. The van der Waals surface area contributed by atoms with Gasteiger partial charge in [-0.15, -0.1) is 0 Å². The fourth-order valence-corrected chi connectivity index (χ4v) is 2.71. The minimum atomic E-state index is -0.655. The second kappa shape index (κ2) is 6.96. The molecule has 3 rings (SSSR count). The maximum absolute atomic E-state index is 12.3. The van der Waals surface area contributed by atoms with Gasteiger partial charge in [-0.3, -0.25) is 4.79 Å². The predicted molar refractivity (Wildman–Crippen MR) is 96.2 cm³/mol. The van der Waals surface area contributed by atoms with E-state index in [1.165, 1.54) is 17.8 Å². The number of imidazole rings is 1. The molecule has 0 unspecified atom stereocenters. The third kappa shape index (κ3) is 3.57. The van der Waals surface area contributed by atoms with Crippen LogP contribution < -0.4 is 16.0 Å². The third-order valence-electron chi connectivity index (χ3n) is 4.24. The number of nitrogens with one attached hydrogen (secondary N) is 1. The normalized spacial score (nSPS) is 15.1. The molecule has 0 saturated carbocycles. The van der Waals surface area contributed by atoms with Crippen molar-refractivity contribution in [3.8, 4) is 0 Å². The number of piperazine rings is 1. The molecule has 0 spiro atoms. The number of hydrogen-bond acceptors (Lipinski definition) is 8. The zero-order chi connectivity index (χ0) is 18.8. The summed E-state index contributed by atoms with van der Waals surface area (Å²) in [6.07, 6.45) is 1.17. The van der Waals surface area contributed by atoms with Gasteiger partial charge in [-0.05, 0) is 29.1 Å². The average Bonchev–Trinajstić information content (AvgIpc) is 2.99. The Bertz CT molecular complexity index is 841. The largest absolute Gasteiger partial charge is 0.382 e. The Balaban J connectivity index is 1.74. The molecule has 1 saturated heterocycles. The monoisotopic (exact) mass is 360 g/mol. The van der Waals surface area contributed by atoms with Gasteiger partial charge in [0.2, 0.25) is 0 Å². The lowest BCUT2D eigenvalue weighted by Gasteiger charge is -2.33. The molecule has 0 atom stereocenters. The summed E-state index contributed by atoms with van der Waals surface area (Å²) in [7, 11) is 3.58. The number of carbonyl (C=O) groups excluding carboxylic acids is 1. The molecule has 0 aromatic carbocycles. The number of anilines is 3. The van der Waals surface area contributed by atoms with Gasteiger partial charge < -0.3 is 35.5 Å². The molecule has 138 valence electrons. The van der Waals surface area contributed by atoms with Crippen LogP contribution in [0.2, 0.25) is 0 Å². The average molecular weight is 360 g/mol. The van der Waals surface area contributed by atoms with Crippen LogP contribution in [-0.4, -0.2) is 63.5 Å². The highest BCUT2D eigenvalue weighted by molar-refractivity contribution is 6.03. The Morgan fingerprint density at radius 2 is 1.92 bits per heavy atom. The Morgan fingerprint density at radius 3 is 2.50 bits per heavy atom. The van der Waals surface area contributed by atoms with Gasteiger partial charge in [0, 0.05) is 33.2 Å². The summed E-state index contributed by atoms with van der Waals surface area (Å²) < 4.78 is 1.29. The standard InChI is InChI=1S/C15H20N8O3/c1-20-5-7-22(8-6-20)11-4-3-10(13(16)18-11)17-15(24)14-19-12(23(25)26)9-21(14)2/h3-4,9H,5-8H2,1-2H3,(H2,16,18)(H,17,24). The van der Waals surface area contributed by atoms with Crippen LogP contribution in [0.1, 0.15) is 10.6 Å². The van der Waals surface area contributed by atoms with Crippen molar-refractivity contribution in [2.24, 2.45) is 7.05 Å². The van der Waals surface area contributed by atoms with Gasteiger partial charge in [0.05, 0.1) is 5.69 Å². The van der Waals surface area contributed by atoms with Crippen molar-refractivity contribution in [1.82, 2.24) is 19.4 Å². The van der Waals surface area contributed by atoms with E-state index in [1.807, 2.05) is 0 Å². The number of likely N-dealkylation sites (N-methyl/N-ethyl adjacent to an activating group) is 1. The number of nitrogens with zero attached hydrogens (tertiary/aromatic N) is 6. The molecule has 3 heterocycles. The Hall–Kier alpha value is -3.21. The Kier molecular flexibility index (Phi) is 4.71. The van der Waals surface area contributed by atoms with Crippen LogP contribution in [0.25, 0.3) is 0 Å². The van der Waals surface area contributed by atoms with Gasteiger partial charge in [0.1, 0.15) is 17.8 Å². The van der Waals surface area contributed by atoms with Crippen LogP contribution in [0.5, 0.6) is 0 Å². The van der Waals surface area contributed by atoms with Gasteiger partial charge >= 0.3 is 17.5 Å². The lowest BCUT2D eigenvalue weighted by Crippen LogP contribution is -2.44. The van der Waals surface area contributed by atoms with E-state index in [4.69, 9.17) is 5.73 Å². The second-order valence-electron chi connectivity index (χ2n) is 6.14. The smallest absolute Gasteiger partial charge is 0.382 e. The molecule has 1 fully saturated rings. The first kappa shape index (κ1) is 17.6. The fourth-order valence-electron chi connectivity index (χ4n) is 2.71. The zero-order valence-electron chi connectivity index (χ0n) is 14.5. The van der Waals surface area contributed by atoms with Crippen molar-refractivity contribution in [1.29, 1.82) is 0 Å². The Morgan fingerprint density at radius 1 is 1.23 bits per heavy atom. The molecule has 2 aromatic rings. The maximum Gasteiger partial charge on any atom is 0.382 e. The van der Waals surface area contributed by atoms with E-state index in [1.54, 1.807) is 12.1 Å². The Labute approximate surface area is 149 Å². The van der Waals surface area contributed by atoms with Crippen molar-refractivity contribution >= 4 is 29.0 Å². The lowest BCUT2D eigenvalue weighted by molar-refractivity contribution is -0.389. The summed E-state index contributed by atoms with van der Waals surface area (Å²) in [6, 6.07) is 3.46. The fraction of sp³-hybridized carbons (Fsp3) is 0.400. The molecule has 0 radical (unpaired) electrons. The van der Waals surface area contributed by atoms with Crippen molar-refractivity contribution in [2.75, 3.05) is 49.2 Å². The highest BCUT2D eigenvalue weighted by Gasteiger charge is 2.24. The number of rotatable bonds is 4. The lowest BCUT2D eigenvalue weighted by atomic mass is 10.3. The van der Waals surface area contributed by atoms with Crippen LogP contribution in [-0.2, 0) is 7.05 Å². The van der Waals surface area contributed by atoms with Gasteiger partial charge in [-0.2, -0.15) is 0 Å². The number of pyridine rings is 1. The molecule has 0 aliphatic carbocycles. The van der Waals surface area contributed by atoms with Crippen LogP contribution in [0.3, 0.4) is 0 Å². The summed E-state index contributed by atoms with van der Waals surface area (Å²) >= 11 is 0. The molecule has 1 amide bonds. The molecule has 11 heteroatoms. The number of hydrogen-bond donors (Lipinski definition) is 2. The number of aryl methyl sites for hydroxylation is 1.